The number of unbranched alkanes of at least 4 members (excludes halogenated alkanes) is 1. The van der Waals surface area contributed by atoms with E-state index in [1.54, 1.807) is 11.6 Å². The minimum atomic E-state index is -2.85. The van der Waals surface area contributed by atoms with Crippen molar-refractivity contribution in [1.82, 2.24) is 0 Å². The molecule has 0 aliphatic carbocycles. The molecule has 0 amide bonds. The van der Waals surface area contributed by atoms with Crippen LogP contribution in [0.2, 0.25) is 0 Å². The van der Waals surface area contributed by atoms with Crippen molar-refractivity contribution in [2.75, 3.05) is 33.0 Å². The zero-order chi connectivity index (χ0) is 14.4. The lowest BCUT2D eigenvalue weighted by Gasteiger charge is -2.41. The van der Waals surface area contributed by atoms with Gasteiger partial charge in [0, 0.05) is 12.6 Å². The highest BCUT2D eigenvalue weighted by molar-refractivity contribution is 7.52. The molecule has 2 heterocycles. The summed E-state index contributed by atoms with van der Waals surface area (Å²) >= 11 is 0. The van der Waals surface area contributed by atoms with E-state index < -0.39 is 7.60 Å². The Bertz CT molecular complexity index is 335. The summed E-state index contributed by atoms with van der Waals surface area (Å²) < 4.78 is 23.3. The van der Waals surface area contributed by atoms with Crippen LogP contribution in [0.15, 0.2) is 0 Å². The summed E-state index contributed by atoms with van der Waals surface area (Å²) in [6.07, 6.45) is 8.54. The van der Waals surface area contributed by atoms with Crippen molar-refractivity contribution in [3.05, 3.63) is 0 Å². The van der Waals surface area contributed by atoms with Crippen LogP contribution in [-0.2, 0) is 13.6 Å². The fourth-order valence-corrected chi connectivity index (χ4v) is 4.62. The minimum Gasteiger partial charge on any atom is -0.332 e. The van der Waals surface area contributed by atoms with Crippen LogP contribution in [0.1, 0.15) is 51.9 Å². The maximum atomic E-state index is 12.2. The lowest BCUT2D eigenvalue weighted by molar-refractivity contribution is -0.940. The highest BCUT2D eigenvalue weighted by atomic mass is 31.2. The number of rotatable bonds is 7. The summed E-state index contributed by atoms with van der Waals surface area (Å²) in [5, 5.41) is 0. The van der Waals surface area contributed by atoms with Gasteiger partial charge in [0.05, 0.1) is 32.3 Å². The average molecular weight is 304 g/mol. The second-order valence-electron chi connectivity index (χ2n) is 6.42. The molecule has 1 N–H and O–H groups in total. The third kappa shape index (κ3) is 4.84. The average Bonchev–Trinajstić information content (AvgIpc) is 2.45. The number of nitrogens with one attached hydrogen (secondary N) is 1. The van der Waals surface area contributed by atoms with E-state index >= 15 is 0 Å². The van der Waals surface area contributed by atoms with E-state index in [0.717, 1.165) is 18.9 Å². The van der Waals surface area contributed by atoms with Gasteiger partial charge in [-0.05, 0) is 38.5 Å². The highest BCUT2D eigenvalue weighted by Gasteiger charge is 2.37. The maximum Gasteiger partial charge on any atom is 0.327 e. The summed E-state index contributed by atoms with van der Waals surface area (Å²) in [5.74, 6) is 0.571. The van der Waals surface area contributed by atoms with Gasteiger partial charge < -0.3 is 13.9 Å². The quantitative estimate of drug-likeness (QED) is 0.580. The fraction of sp³-hybridized carbons (Fsp3) is 1.00. The molecular weight excluding hydrogens is 273 g/mol. The maximum absolute atomic E-state index is 12.2. The molecule has 5 heteroatoms. The number of piperidine rings is 2. The van der Waals surface area contributed by atoms with Gasteiger partial charge in [-0.1, -0.05) is 13.3 Å². The van der Waals surface area contributed by atoms with Crippen LogP contribution >= 0.6 is 7.60 Å². The van der Waals surface area contributed by atoms with E-state index in [9.17, 15) is 4.57 Å². The molecule has 0 bridgehead atoms. The van der Waals surface area contributed by atoms with Crippen molar-refractivity contribution in [2.24, 2.45) is 5.92 Å². The molecule has 2 rings (SSSR count). The molecule has 0 aromatic heterocycles. The van der Waals surface area contributed by atoms with Crippen molar-refractivity contribution in [3.63, 3.8) is 0 Å². The van der Waals surface area contributed by atoms with E-state index in [1.165, 1.54) is 45.2 Å². The monoisotopic (exact) mass is 304 g/mol. The first-order valence-corrected chi connectivity index (χ1v) is 10.3. The summed E-state index contributed by atoms with van der Waals surface area (Å²) in [6, 6.07) is 0.730. The summed E-state index contributed by atoms with van der Waals surface area (Å²) in [6.45, 7) is 7.53. The Balaban J connectivity index is 1.78. The normalized spacial score (nSPS) is 33.4. The Morgan fingerprint density at radius 2 is 1.95 bits per heavy atom. The molecular formula is C15H31NO3P+. The Morgan fingerprint density at radius 1 is 1.15 bits per heavy atom. The third-order valence-electron chi connectivity index (χ3n) is 4.78. The van der Waals surface area contributed by atoms with Gasteiger partial charge in [0.1, 0.15) is 0 Å². The van der Waals surface area contributed by atoms with Gasteiger partial charge in [0.25, 0.3) is 0 Å². The van der Waals surface area contributed by atoms with Gasteiger partial charge in [-0.2, -0.15) is 0 Å². The molecule has 2 aliphatic heterocycles. The number of quaternary nitrogens is 1. The molecule has 0 spiro atoms. The van der Waals surface area contributed by atoms with Crippen molar-refractivity contribution in [1.29, 1.82) is 0 Å². The number of hydrogen-bond acceptors (Lipinski definition) is 3. The molecule has 20 heavy (non-hydrogen) atoms. The summed E-state index contributed by atoms with van der Waals surface area (Å²) in [5.41, 5.74) is 0. The molecule has 4 nitrogen and oxygen atoms in total. The molecule has 0 radical (unpaired) electrons. The fourth-order valence-electron chi connectivity index (χ4n) is 3.62. The van der Waals surface area contributed by atoms with Crippen LogP contribution in [0.25, 0.3) is 0 Å². The molecule has 2 fully saturated rings. The molecule has 2 aliphatic rings. The molecule has 0 aromatic carbocycles. The number of hydrogen-bond donors (Lipinski definition) is 1. The van der Waals surface area contributed by atoms with Gasteiger partial charge in [-0.15, -0.1) is 0 Å². The van der Waals surface area contributed by atoms with Crippen LogP contribution in [0.3, 0.4) is 0 Å². The van der Waals surface area contributed by atoms with Gasteiger partial charge >= 0.3 is 7.60 Å². The van der Waals surface area contributed by atoms with E-state index in [4.69, 9.17) is 9.05 Å². The van der Waals surface area contributed by atoms with Crippen LogP contribution in [0, 0.1) is 5.92 Å². The Labute approximate surface area is 123 Å². The predicted octanol–water partition coefficient (Wildman–Crippen LogP) is 2.49. The topological polar surface area (TPSA) is 40.0 Å². The van der Waals surface area contributed by atoms with Crippen molar-refractivity contribution >= 4 is 7.60 Å². The lowest BCUT2D eigenvalue weighted by atomic mass is 9.84. The molecule has 118 valence electrons. The molecule has 4 atom stereocenters. The second kappa shape index (κ2) is 7.93. The second-order valence-corrected chi connectivity index (χ2v) is 8.48. The molecule has 2 saturated heterocycles. The van der Waals surface area contributed by atoms with Gasteiger partial charge in [0.2, 0.25) is 0 Å². The van der Waals surface area contributed by atoms with Crippen LogP contribution in [0.4, 0.5) is 0 Å². The Kier molecular flexibility index (Phi) is 6.54. The molecule has 0 aromatic rings. The molecule has 0 saturated carbocycles. The minimum absolute atomic E-state index is 0.551. The van der Waals surface area contributed by atoms with Crippen LogP contribution in [-0.4, -0.2) is 39.0 Å². The Hall–Kier alpha value is 0.110. The van der Waals surface area contributed by atoms with Crippen molar-refractivity contribution in [3.8, 4) is 0 Å². The molecule has 2 unspecified atom stereocenters. The highest BCUT2D eigenvalue weighted by Crippen LogP contribution is 2.44. The largest absolute Gasteiger partial charge is 0.332 e. The van der Waals surface area contributed by atoms with Crippen molar-refractivity contribution < 1.29 is 18.5 Å². The number of fused-ring (bicyclic) bond motifs is 1. The zero-order valence-corrected chi connectivity index (χ0v) is 14.0. The van der Waals surface area contributed by atoms with Gasteiger partial charge in [0.15, 0.2) is 0 Å². The smallest absolute Gasteiger partial charge is 0.327 e. The first-order chi connectivity index (χ1) is 9.62. The van der Waals surface area contributed by atoms with Gasteiger partial charge in [-0.3, -0.25) is 4.57 Å². The first-order valence-electron chi connectivity index (χ1n) is 8.33. The predicted molar refractivity (Wildman–Crippen MR) is 81.4 cm³/mol. The standard InChI is InChI=1S/C15H30NO3P/c1-3-4-12-18-20(2,17)19-13-14-8-7-11-16-10-6-5-9-15(14)16/h14-15H,3-13H2,1-2H3/p+1/t14-,15+,20?/m0/s1. The first kappa shape index (κ1) is 16.5. The SMILES string of the molecule is CCCCOP(C)(=O)OC[C@@H]1CCC[NH+]2CCCC[C@H]12. The van der Waals surface area contributed by atoms with E-state index in [1.807, 2.05) is 0 Å². The van der Waals surface area contributed by atoms with Crippen LogP contribution in [0.5, 0.6) is 0 Å². The third-order valence-corrected chi connectivity index (χ3v) is 6.05. The summed E-state index contributed by atoms with van der Waals surface area (Å²) in [4.78, 5) is 1.76. The summed E-state index contributed by atoms with van der Waals surface area (Å²) in [7, 11) is -2.85. The van der Waals surface area contributed by atoms with E-state index in [2.05, 4.69) is 6.92 Å². The van der Waals surface area contributed by atoms with Crippen molar-refractivity contribution in [2.45, 2.75) is 57.9 Å². The Morgan fingerprint density at radius 3 is 2.75 bits per heavy atom. The van der Waals surface area contributed by atoms with Gasteiger partial charge in [-0.25, -0.2) is 0 Å². The van der Waals surface area contributed by atoms with E-state index in [-0.39, 0.29) is 0 Å². The van der Waals surface area contributed by atoms with E-state index in [0.29, 0.717) is 19.1 Å². The zero-order valence-electron chi connectivity index (χ0n) is 13.1. The van der Waals surface area contributed by atoms with Crippen LogP contribution < -0.4 is 4.90 Å². The lowest BCUT2D eigenvalue weighted by Crippen LogP contribution is -3.18.